The van der Waals surface area contributed by atoms with E-state index in [1.165, 1.54) is 6.33 Å². The van der Waals surface area contributed by atoms with Crippen LogP contribution in [0.1, 0.15) is 5.56 Å². The highest BCUT2D eigenvalue weighted by Gasteiger charge is 2.21. The lowest BCUT2D eigenvalue weighted by Gasteiger charge is -2.06. The molecule has 1 aromatic carbocycles. The summed E-state index contributed by atoms with van der Waals surface area (Å²) >= 11 is 1.15. The van der Waals surface area contributed by atoms with Gasteiger partial charge in [0.25, 0.3) is 10.0 Å². The van der Waals surface area contributed by atoms with Gasteiger partial charge in [0.15, 0.2) is 0 Å². The quantitative estimate of drug-likeness (QED) is 0.632. The fourth-order valence-electron chi connectivity index (χ4n) is 1.39. The van der Waals surface area contributed by atoms with Gasteiger partial charge in [0.05, 0.1) is 10.6 Å². The van der Waals surface area contributed by atoms with Gasteiger partial charge in [0, 0.05) is 0 Å². The number of rotatable bonds is 4. The summed E-state index contributed by atoms with van der Waals surface area (Å²) in [7, 11) is -3.72. The van der Waals surface area contributed by atoms with E-state index < -0.39 is 10.0 Å². The van der Waals surface area contributed by atoms with E-state index in [2.05, 4.69) is 16.0 Å². The van der Waals surface area contributed by atoms with Gasteiger partial charge in [0.2, 0.25) is 5.16 Å². The van der Waals surface area contributed by atoms with Crippen molar-refractivity contribution in [1.29, 1.82) is 0 Å². The molecule has 0 N–H and O–H groups in total. The number of hydrogen-bond donors (Lipinski definition) is 0. The normalized spacial score (nSPS) is 11.2. The standard InChI is InChI=1S/C12H11N3O2S2/c1-3-8-18-12-13-9-14-15(12)19(16,17)11-6-4-10(2)5-7-11/h1,4-7,9H,8H2,2H3. The first-order valence-electron chi connectivity index (χ1n) is 5.34. The fraction of sp³-hybridized carbons (Fsp3) is 0.167. The number of nitrogens with zero attached hydrogens (tertiary/aromatic N) is 3. The average Bonchev–Trinajstić information content (AvgIpc) is 2.86. The van der Waals surface area contributed by atoms with Crippen LogP contribution in [0.2, 0.25) is 0 Å². The van der Waals surface area contributed by atoms with E-state index in [1.54, 1.807) is 24.3 Å². The minimum absolute atomic E-state index is 0.172. The summed E-state index contributed by atoms with van der Waals surface area (Å²) in [4.78, 5) is 4.08. The SMILES string of the molecule is C#CCSc1ncnn1S(=O)(=O)c1ccc(C)cc1. The van der Waals surface area contributed by atoms with Crippen molar-refractivity contribution in [2.45, 2.75) is 17.0 Å². The number of terminal acetylenes is 1. The molecule has 0 fully saturated rings. The Morgan fingerprint density at radius 2 is 2.05 bits per heavy atom. The van der Waals surface area contributed by atoms with Crippen molar-refractivity contribution in [3.63, 3.8) is 0 Å². The summed E-state index contributed by atoms with van der Waals surface area (Å²) in [6.07, 6.45) is 6.35. The Hall–Kier alpha value is -1.78. The molecule has 0 saturated heterocycles. The Labute approximate surface area is 116 Å². The average molecular weight is 293 g/mol. The third kappa shape index (κ3) is 2.80. The zero-order chi connectivity index (χ0) is 13.9. The van der Waals surface area contributed by atoms with E-state index in [9.17, 15) is 8.42 Å². The maximum atomic E-state index is 12.4. The van der Waals surface area contributed by atoms with Gasteiger partial charge in [-0.1, -0.05) is 35.4 Å². The Kier molecular flexibility index (Phi) is 3.93. The van der Waals surface area contributed by atoms with Crippen LogP contribution in [-0.2, 0) is 10.0 Å². The van der Waals surface area contributed by atoms with E-state index in [0.717, 1.165) is 21.4 Å². The molecule has 0 aliphatic rings. The highest BCUT2D eigenvalue weighted by atomic mass is 32.2. The molecule has 1 heterocycles. The number of thioether (sulfide) groups is 1. The molecule has 5 nitrogen and oxygen atoms in total. The van der Waals surface area contributed by atoms with Crippen LogP contribution in [0.4, 0.5) is 0 Å². The van der Waals surface area contributed by atoms with Crippen molar-refractivity contribution in [2.24, 2.45) is 0 Å². The molecule has 0 atom stereocenters. The first-order valence-corrected chi connectivity index (χ1v) is 7.77. The van der Waals surface area contributed by atoms with Crippen molar-refractivity contribution < 1.29 is 8.42 Å². The van der Waals surface area contributed by atoms with Gasteiger partial charge in [0.1, 0.15) is 6.33 Å². The number of benzene rings is 1. The monoisotopic (exact) mass is 293 g/mol. The van der Waals surface area contributed by atoms with Gasteiger partial charge in [-0.3, -0.25) is 0 Å². The molecular formula is C12H11N3O2S2. The molecule has 0 amide bonds. The van der Waals surface area contributed by atoms with Gasteiger partial charge in [-0.05, 0) is 19.1 Å². The maximum absolute atomic E-state index is 12.4. The molecule has 19 heavy (non-hydrogen) atoms. The molecule has 0 bridgehead atoms. The summed E-state index contributed by atoms with van der Waals surface area (Å²) in [6, 6.07) is 6.56. The molecule has 2 aromatic rings. The molecule has 0 aliphatic heterocycles. The highest BCUT2D eigenvalue weighted by Crippen LogP contribution is 2.20. The van der Waals surface area contributed by atoms with Crippen molar-refractivity contribution in [1.82, 2.24) is 14.2 Å². The summed E-state index contributed by atoms with van der Waals surface area (Å²) in [5.74, 6) is 2.75. The fourth-order valence-corrected chi connectivity index (χ4v) is 3.44. The van der Waals surface area contributed by atoms with Gasteiger partial charge < -0.3 is 0 Å². The smallest absolute Gasteiger partial charge is 0.208 e. The van der Waals surface area contributed by atoms with Crippen LogP contribution in [0.15, 0.2) is 40.6 Å². The summed E-state index contributed by atoms with van der Waals surface area (Å²) in [5.41, 5.74) is 0.986. The Bertz CT molecular complexity index is 712. The topological polar surface area (TPSA) is 64.8 Å². The highest BCUT2D eigenvalue weighted by molar-refractivity contribution is 8.00. The van der Waals surface area contributed by atoms with Crippen LogP contribution in [0.3, 0.4) is 0 Å². The second-order valence-electron chi connectivity index (χ2n) is 3.70. The first kappa shape index (κ1) is 13.6. The molecule has 0 spiro atoms. The minimum Gasteiger partial charge on any atom is -0.208 e. The van der Waals surface area contributed by atoms with Crippen molar-refractivity contribution >= 4 is 21.8 Å². The molecule has 2 rings (SSSR count). The third-order valence-electron chi connectivity index (χ3n) is 2.32. The molecule has 0 aliphatic carbocycles. The molecule has 1 aromatic heterocycles. The Morgan fingerprint density at radius 3 is 2.68 bits per heavy atom. The Morgan fingerprint density at radius 1 is 1.37 bits per heavy atom. The largest absolute Gasteiger partial charge is 0.285 e. The van der Waals surface area contributed by atoms with Gasteiger partial charge in [-0.15, -0.1) is 15.6 Å². The molecule has 0 saturated carbocycles. The van der Waals surface area contributed by atoms with E-state index >= 15 is 0 Å². The van der Waals surface area contributed by atoms with Crippen LogP contribution < -0.4 is 0 Å². The zero-order valence-corrected chi connectivity index (χ0v) is 11.8. The number of aryl methyl sites for hydroxylation is 1. The van der Waals surface area contributed by atoms with E-state index in [-0.39, 0.29) is 10.1 Å². The van der Waals surface area contributed by atoms with Crippen LogP contribution in [0.25, 0.3) is 0 Å². The molecular weight excluding hydrogens is 282 g/mol. The van der Waals surface area contributed by atoms with Crippen LogP contribution in [-0.4, -0.2) is 28.3 Å². The molecule has 98 valence electrons. The van der Waals surface area contributed by atoms with Crippen molar-refractivity contribution in [3.05, 3.63) is 36.2 Å². The van der Waals surface area contributed by atoms with Gasteiger partial charge >= 0.3 is 0 Å². The van der Waals surface area contributed by atoms with Gasteiger partial charge in [-0.25, -0.2) is 4.98 Å². The second-order valence-corrected chi connectivity index (χ2v) is 6.41. The van der Waals surface area contributed by atoms with Gasteiger partial charge in [-0.2, -0.15) is 8.42 Å². The maximum Gasteiger partial charge on any atom is 0.285 e. The van der Waals surface area contributed by atoms with Crippen molar-refractivity contribution in [3.8, 4) is 12.3 Å². The minimum atomic E-state index is -3.72. The summed E-state index contributed by atoms with van der Waals surface area (Å²) in [5, 5.41) is 4.03. The van der Waals surface area contributed by atoms with Crippen LogP contribution >= 0.6 is 11.8 Å². The summed E-state index contributed by atoms with van der Waals surface area (Å²) < 4.78 is 25.7. The lowest BCUT2D eigenvalue weighted by molar-refractivity contribution is 0.573. The van der Waals surface area contributed by atoms with Crippen LogP contribution in [0, 0.1) is 19.3 Å². The Balaban J connectivity index is 2.43. The second kappa shape index (κ2) is 5.47. The third-order valence-corrected chi connectivity index (χ3v) is 4.87. The van der Waals surface area contributed by atoms with E-state index in [4.69, 9.17) is 6.42 Å². The lowest BCUT2D eigenvalue weighted by Crippen LogP contribution is -2.15. The molecule has 7 heteroatoms. The predicted octanol–water partition coefficient (Wildman–Crippen LogP) is 1.55. The number of hydrogen-bond acceptors (Lipinski definition) is 5. The lowest BCUT2D eigenvalue weighted by atomic mass is 10.2. The summed E-state index contributed by atoms with van der Waals surface area (Å²) in [6.45, 7) is 1.89. The first-order chi connectivity index (χ1) is 9.05. The molecule has 0 radical (unpaired) electrons. The van der Waals surface area contributed by atoms with Crippen molar-refractivity contribution in [2.75, 3.05) is 5.75 Å². The van der Waals surface area contributed by atoms with E-state index in [0.29, 0.717) is 5.75 Å². The van der Waals surface area contributed by atoms with E-state index in [1.807, 2.05) is 6.92 Å². The number of aromatic nitrogens is 3. The molecule has 0 unspecified atom stereocenters. The van der Waals surface area contributed by atoms with Crippen LogP contribution in [0.5, 0.6) is 0 Å². The predicted molar refractivity (Wildman–Crippen MR) is 73.3 cm³/mol. The zero-order valence-electron chi connectivity index (χ0n) is 10.1.